The van der Waals surface area contributed by atoms with Gasteiger partial charge in [0.2, 0.25) is 0 Å². The number of hydrogen-bond donors (Lipinski definition) is 2. The maximum absolute atomic E-state index is 13.4. The van der Waals surface area contributed by atoms with Gasteiger partial charge in [0, 0.05) is 49.7 Å². The lowest BCUT2D eigenvalue weighted by Crippen LogP contribution is -2.56. The van der Waals surface area contributed by atoms with E-state index in [4.69, 9.17) is 9.73 Å². The first kappa shape index (κ1) is 20.3. The maximum Gasteiger partial charge on any atom is 0.409 e. The minimum Gasteiger partial charge on any atom is -0.508 e. The Bertz CT molecular complexity index is 937. The van der Waals surface area contributed by atoms with Gasteiger partial charge in [-0.1, -0.05) is 30.3 Å². The maximum atomic E-state index is 13.4. The molecule has 2 aromatic rings. The lowest BCUT2D eigenvalue weighted by Gasteiger charge is -2.45. The Morgan fingerprint density at radius 2 is 1.93 bits per heavy atom. The predicted octanol–water partition coefficient (Wildman–Crippen LogP) is 4.00. The van der Waals surface area contributed by atoms with E-state index in [1.165, 1.54) is 12.1 Å². The second-order valence-electron chi connectivity index (χ2n) is 7.74. The molecule has 2 heterocycles. The van der Waals surface area contributed by atoms with E-state index in [0.717, 1.165) is 16.8 Å². The summed E-state index contributed by atoms with van der Waals surface area (Å²) < 4.78 is 18.6. The molecule has 2 aliphatic rings. The average molecular weight is 411 g/mol. The average Bonchev–Trinajstić information content (AvgIpc) is 2.75. The fraction of sp³-hybridized carbons (Fsp3) is 0.391. The fourth-order valence-corrected chi connectivity index (χ4v) is 4.23. The second-order valence-corrected chi connectivity index (χ2v) is 7.74. The first-order valence-electron chi connectivity index (χ1n) is 10.3. The highest BCUT2D eigenvalue weighted by Gasteiger charge is 2.41. The Labute approximate surface area is 175 Å². The summed E-state index contributed by atoms with van der Waals surface area (Å²) in [5.41, 5.74) is 1.98. The third kappa shape index (κ3) is 4.16. The van der Waals surface area contributed by atoms with Crippen molar-refractivity contribution in [3.8, 4) is 5.75 Å². The molecule has 4 rings (SSSR count). The third-order valence-corrected chi connectivity index (χ3v) is 5.80. The van der Waals surface area contributed by atoms with Crippen molar-refractivity contribution in [2.24, 2.45) is 4.99 Å². The molecule has 1 atom stereocenters. The monoisotopic (exact) mass is 411 g/mol. The summed E-state index contributed by atoms with van der Waals surface area (Å²) in [6.07, 6.45) is 1.52. The zero-order valence-electron chi connectivity index (χ0n) is 17.0. The van der Waals surface area contributed by atoms with Gasteiger partial charge >= 0.3 is 6.09 Å². The Hall–Kier alpha value is -2.93. The smallest absolute Gasteiger partial charge is 0.409 e. The highest BCUT2D eigenvalue weighted by atomic mass is 19.1. The van der Waals surface area contributed by atoms with Gasteiger partial charge in [-0.3, -0.25) is 10.3 Å². The number of ether oxygens (including phenoxy) is 1. The zero-order chi connectivity index (χ0) is 21.1. The van der Waals surface area contributed by atoms with Crippen molar-refractivity contribution >= 4 is 11.8 Å². The number of aromatic hydroxyl groups is 1. The number of nitrogens with zero attached hydrogens (tertiary/aromatic N) is 2. The Morgan fingerprint density at radius 3 is 2.60 bits per heavy atom. The molecule has 2 N–H and O–H groups in total. The van der Waals surface area contributed by atoms with Crippen LogP contribution < -0.4 is 5.32 Å². The lowest BCUT2D eigenvalue weighted by molar-refractivity contribution is 0.0778. The van der Waals surface area contributed by atoms with Crippen LogP contribution in [0, 0.1) is 5.82 Å². The summed E-state index contributed by atoms with van der Waals surface area (Å²) in [5.74, 6) is -0.0579. The number of hydrogen-bond acceptors (Lipinski definition) is 5. The molecule has 0 bridgehead atoms. The first-order chi connectivity index (χ1) is 14.5. The number of nitrogens with one attached hydrogen (secondary N) is 1. The Morgan fingerprint density at radius 1 is 1.23 bits per heavy atom. The van der Waals surface area contributed by atoms with E-state index in [2.05, 4.69) is 5.32 Å². The van der Waals surface area contributed by atoms with E-state index < -0.39 is 5.66 Å². The van der Waals surface area contributed by atoms with Crippen LogP contribution in [0.3, 0.4) is 0 Å². The molecule has 7 heteroatoms. The summed E-state index contributed by atoms with van der Waals surface area (Å²) in [6, 6.07) is 13.5. The number of carbonyl (C=O) groups excluding carboxylic acids is 1. The number of para-hydroxylation sites is 1. The molecule has 6 nitrogen and oxygen atoms in total. The number of benzene rings is 2. The van der Waals surface area contributed by atoms with Crippen LogP contribution in [0.4, 0.5) is 9.18 Å². The van der Waals surface area contributed by atoms with E-state index in [1.807, 2.05) is 12.1 Å². The van der Waals surface area contributed by atoms with Gasteiger partial charge in [0.05, 0.1) is 6.61 Å². The molecule has 1 unspecified atom stereocenters. The summed E-state index contributed by atoms with van der Waals surface area (Å²) in [4.78, 5) is 18.8. The number of halogens is 1. The Kier molecular flexibility index (Phi) is 5.72. The van der Waals surface area contributed by atoms with Crippen LogP contribution in [0.1, 0.15) is 43.4 Å². The molecular formula is C23H26FN3O3. The predicted molar refractivity (Wildman–Crippen MR) is 112 cm³/mol. The summed E-state index contributed by atoms with van der Waals surface area (Å²) in [6.45, 7) is 3.20. The van der Waals surface area contributed by atoms with Gasteiger partial charge < -0.3 is 14.7 Å². The van der Waals surface area contributed by atoms with Crippen LogP contribution in [0.15, 0.2) is 53.5 Å². The van der Waals surface area contributed by atoms with Crippen molar-refractivity contribution in [3.05, 3.63) is 65.5 Å². The highest BCUT2D eigenvalue weighted by molar-refractivity contribution is 6.01. The van der Waals surface area contributed by atoms with E-state index in [-0.39, 0.29) is 23.7 Å². The zero-order valence-corrected chi connectivity index (χ0v) is 17.0. The van der Waals surface area contributed by atoms with Crippen LogP contribution in [0.5, 0.6) is 5.75 Å². The molecule has 1 spiro atoms. The quantitative estimate of drug-likeness (QED) is 0.801. The van der Waals surface area contributed by atoms with E-state index in [9.17, 15) is 14.3 Å². The first-order valence-corrected chi connectivity index (χ1v) is 10.3. The SMILES string of the molecule is CCOC(=O)N1CCC2(CC1)N=C(c1ccc(F)cc1)CC(c1ccccc1O)N2. The molecule has 1 amide bonds. The van der Waals surface area contributed by atoms with E-state index in [0.29, 0.717) is 39.0 Å². The van der Waals surface area contributed by atoms with Crippen molar-refractivity contribution in [1.82, 2.24) is 10.2 Å². The molecule has 1 saturated heterocycles. The van der Waals surface area contributed by atoms with Crippen molar-refractivity contribution in [3.63, 3.8) is 0 Å². The van der Waals surface area contributed by atoms with Gasteiger partial charge in [-0.2, -0.15) is 0 Å². The molecule has 0 aliphatic carbocycles. The number of amides is 1. The third-order valence-electron chi connectivity index (χ3n) is 5.80. The number of piperidine rings is 1. The molecule has 0 radical (unpaired) electrons. The molecule has 0 saturated carbocycles. The topological polar surface area (TPSA) is 74.2 Å². The fourth-order valence-electron chi connectivity index (χ4n) is 4.23. The van der Waals surface area contributed by atoms with Crippen LogP contribution in [0.2, 0.25) is 0 Å². The van der Waals surface area contributed by atoms with E-state index >= 15 is 0 Å². The minimum atomic E-state index is -0.558. The van der Waals surface area contributed by atoms with Gasteiger partial charge in [-0.05, 0) is 30.7 Å². The Balaban J connectivity index is 1.64. The van der Waals surface area contributed by atoms with Crippen molar-refractivity contribution < 1.29 is 19.0 Å². The molecule has 30 heavy (non-hydrogen) atoms. The molecule has 2 aromatic carbocycles. The van der Waals surface area contributed by atoms with Crippen molar-refractivity contribution in [1.29, 1.82) is 0 Å². The number of likely N-dealkylation sites (tertiary alicyclic amines) is 1. The molecule has 1 fully saturated rings. The number of rotatable bonds is 3. The molecule has 0 aromatic heterocycles. The van der Waals surface area contributed by atoms with Crippen LogP contribution in [0.25, 0.3) is 0 Å². The highest BCUT2D eigenvalue weighted by Crippen LogP contribution is 2.37. The normalized spacial score (nSPS) is 20.7. The lowest BCUT2D eigenvalue weighted by atomic mass is 9.87. The summed E-state index contributed by atoms with van der Waals surface area (Å²) >= 11 is 0. The van der Waals surface area contributed by atoms with Gasteiger partial charge in [0.25, 0.3) is 0 Å². The molecule has 2 aliphatic heterocycles. The summed E-state index contributed by atoms with van der Waals surface area (Å²) in [5, 5.41) is 14.0. The number of phenolic OH excluding ortho intramolecular Hbond substituents is 1. The largest absolute Gasteiger partial charge is 0.508 e. The van der Waals surface area contributed by atoms with Gasteiger partial charge in [-0.15, -0.1) is 0 Å². The second kappa shape index (κ2) is 8.44. The molecular weight excluding hydrogens is 385 g/mol. The number of carbonyl (C=O) groups is 1. The van der Waals surface area contributed by atoms with Crippen LogP contribution in [-0.2, 0) is 4.74 Å². The van der Waals surface area contributed by atoms with E-state index in [1.54, 1.807) is 36.1 Å². The minimum absolute atomic E-state index is 0.141. The number of phenols is 1. The number of aliphatic imine (C=N–C) groups is 1. The summed E-state index contributed by atoms with van der Waals surface area (Å²) in [7, 11) is 0. The van der Waals surface area contributed by atoms with Crippen molar-refractivity contribution in [2.75, 3.05) is 19.7 Å². The van der Waals surface area contributed by atoms with Gasteiger partial charge in [-0.25, -0.2) is 9.18 Å². The van der Waals surface area contributed by atoms with Gasteiger partial charge in [0.15, 0.2) is 0 Å². The van der Waals surface area contributed by atoms with Crippen LogP contribution in [-0.4, -0.2) is 47.2 Å². The standard InChI is InChI=1S/C23H26FN3O3/c1-2-30-22(29)27-13-11-23(12-14-27)25-19(16-7-9-17(24)10-8-16)15-20(26-23)18-5-3-4-6-21(18)28/h3-10,20,26,28H,2,11-15H2,1H3. The molecule has 158 valence electrons. The van der Waals surface area contributed by atoms with Crippen molar-refractivity contribution in [2.45, 2.75) is 37.9 Å². The van der Waals surface area contributed by atoms with Gasteiger partial charge in [0.1, 0.15) is 17.2 Å². The van der Waals surface area contributed by atoms with Crippen LogP contribution >= 0.6 is 0 Å².